The van der Waals surface area contributed by atoms with Gasteiger partial charge in [-0.25, -0.2) is 0 Å². The van der Waals surface area contributed by atoms with E-state index in [0.717, 1.165) is 40.6 Å². The number of fused-ring (bicyclic) bond motifs is 1. The smallest absolute Gasteiger partial charge is 0.296 e. The molecule has 3 N–H and O–H groups in total. The van der Waals surface area contributed by atoms with Crippen LogP contribution in [-0.2, 0) is 20.2 Å². The summed E-state index contributed by atoms with van der Waals surface area (Å²) in [6, 6.07) is 22.5. The highest BCUT2D eigenvalue weighted by molar-refractivity contribution is 7.86. The van der Waals surface area contributed by atoms with E-state index in [4.69, 9.17) is 4.74 Å². The molecule has 0 amide bonds. The Bertz CT molecular complexity index is 2250. The maximum atomic E-state index is 12.2. The normalized spacial score (nSPS) is 12.4. The average Bonchev–Trinajstić information content (AvgIpc) is 3.00. The number of phenols is 1. The van der Waals surface area contributed by atoms with Crippen molar-refractivity contribution in [3.8, 4) is 22.6 Å². The lowest BCUT2D eigenvalue weighted by Crippen LogP contribution is -2.00. The highest BCUT2D eigenvalue weighted by atomic mass is 32.2. The van der Waals surface area contributed by atoms with E-state index < -0.39 is 41.5 Å². The van der Waals surface area contributed by atoms with Crippen LogP contribution in [0.5, 0.6) is 11.5 Å². The summed E-state index contributed by atoms with van der Waals surface area (Å²) < 4.78 is 72.0. The second kappa shape index (κ2) is 12.8. The zero-order chi connectivity index (χ0) is 33.2. The van der Waals surface area contributed by atoms with Gasteiger partial charge in [0.25, 0.3) is 20.2 Å². The maximum absolute atomic E-state index is 12.2. The highest BCUT2D eigenvalue weighted by Gasteiger charge is 2.23. The molecule has 14 heteroatoms. The SMILES string of the molecule is CCOc1ccc(N=Nc2ccc(-c3ccc(N=Nc4c(S(=O)(=O)O)cc5cc(S(=O)(=O)O)ccc5c4O)c(C)c3)cc2C)cc1. The Labute approximate surface area is 265 Å². The summed E-state index contributed by atoms with van der Waals surface area (Å²) in [5.41, 5.74) is 4.60. The van der Waals surface area contributed by atoms with Crippen molar-refractivity contribution >= 4 is 53.8 Å². The van der Waals surface area contributed by atoms with E-state index in [2.05, 4.69) is 20.5 Å². The van der Waals surface area contributed by atoms with Crippen LogP contribution in [0.3, 0.4) is 0 Å². The first kappa shape index (κ1) is 32.4. The third-order valence-electron chi connectivity index (χ3n) is 7.00. The Kier molecular flexibility index (Phi) is 8.99. The number of hydrogen-bond donors (Lipinski definition) is 3. The van der Waals surface area contributed by atoms with Crippen LogP contribution in [-0.4, -0.2) is 37.7 Å². The minimum absolute atomic E-state index is 0.0265. The molecule has 0 radical (unpaired) electrons. The Morgan fingerprint density at radius 2 is 1.26 bits per heavy atom. The molecule has 0 spiro atoms. The molecule has 0 unspecified atom stereocenters. The zero-order valence-electron chi connectivity index (χ0n) is 24.8. The molecule has 12 nitrogen and oxygen atoms in total. The lowest BCUT2D eigenvalue weighted by molar-refractivity contribution is 0.340. The van der Waals surface area contributed by atoms with Crippen LogP contribution >= 0.6 is 0 Å². The lowest BCUT2D eigenvalue weighted by atomic mass is 10.0. The minimum atomic E-state index is -4.93. The van der Waals surface area contributed by atoms with Crippen LogP contribution in [0.25, 0.3) is 21.9 Å². The fourth-order valence-electron chi connectivity index (χ4n) is 4.67. The predicted octanol–water partition coefficient (Wildman–Crippen LogP) is 8.55. The fraction of sp³-hybridized carbons (Fsp3) is 0.125. The van der Waals surface area contributed by atoms with Gasteiger partial charge in [0.1, 0.15) is 16.3 Å². The third-order valence-corrected chi connectivity index (χ3v) is 8.72. The summed E-state index contributed by atoms with van der Waals surface area (Å²) >= 11 is 0. The lowest BCUT2D eigenvalue weighted by Gasteiger charge is -2.10. The molecular weight excluding hydrogens is 633 g/mol. The van der Waals surface area contributed by atoms with Gasteiger partial charge < -0.3 is 9.84 Å². The van der Waals surface area contributed by atoms with Crippen molar-refractivity contribution in [1.82, 2.24) is 0 Å². The van der Waals surface area contributed by atoms with Gasteiger partial charge in [-0.05, 0) is 121 Å². The molecule has 0 heterocycles. The first-order valence-electron chi connectivity index (χ1n) is 13.8. The van der Waals surface area contributed by atoms with Crippen LogP contribution < -0.4 is 4.74 Å². The van der Waals surface area contributed by atoms with Gasteiger partial charge >= 0.3 is 0 Å². The summed E-state index contributed by atoms with van der Waals surface area (Å²) in [6.45, 7) is 6.21. The van der Waals surface area contributed by atoms with Crippen molar-refractivity contribution < 1.29 is 35.8 Å². The van der Waals surface area contributed by atoms with Crippen molar-refractivity contribution in [2.75, 3.05) is 6.61 Å². The summed E-state index contributed by atoms with van der Waals surface area (Å²) in [5, 5.41) is 27.6. The van der Waals surface area contributed by atoms with Crippen LogP contribution in [0.4, 0.5) is 22.7 Å². The molecule has 5 aromatic carbocycles. The van der Waals surface area contributed by atoms with Gasteiger partial charge in [-0.15, -0.1) is 5.11 Å². The number of benzene rings is 5. The summed E-state index contributed by atoms with van der Waals surface area (Å²) in [5.74, 6) is 0.110. The molecule has 0 bridgehead atoms. The van der Waals surface area contributed by atoms with E-state index >= 15 is 0 Å². The van der Waals surface area contributed by atoms with Crippen LogP contribution in [0.1, 0.15) is 18.1 Å². The number of rotatable bonds is 9. The van der Waals surface area contributed by atoms with Crippen LogP contribution in [0.15, 0.2) is 115 Å². The average molecular weight is 661 g/mol. The number of hydrogen-bond acceptors (Lipinski definition) is 10. The number of aryl methyl sites for hydroxylation is 2. The van der Waals surface area contributed by atoms with E-state index in [0.29, 0.717) is 29.2 Å². The van der Waals surface area contributed by atoms with Crippen molar-refractivity contribution in [2.24, 2.45) is 20.5 Å². The van der Waals surface area contributed by atoms with Gasteiger partial charge in [-0.1, -0.05) is 12.1 Å². The van der Waals surface area contributed by atoms with Gasteiger partial charge in [0.05, 0.1) is 28.6 Å². The number of aromatic hydroxyl groups is 1. The van der Waals surface area contributed by atoms with Crippen LogP contribution in [0.2, 0.25) is 0 Å². The Morgan fingerprint density at radius 3 is 1.78 bits per heavy atom. The molecule has 0 aliphatic rings. The maximum Gasteiger partial charge on any atom is 0.296 e. The van der Waals surface area contributed by atoms with Crippen LogP contribution in [0, 0.1) is 13.8 Å². The summed E-state index contributed by atoms with van der Waals surface area (Å²) in [7, 11) is -9.54. The van der Waals surface area contributed by atoms with Crippen molar-refractivity contribution in [3.05, 3.63) is 96.1 Å². The molecular formula is C32H28N4O8S2. The third kappa shape index (κ3) is 7.10. The molecule has 5 rings (SSSR count). The highest BCUT2D eigenvalue weighted by Crippen LogP contribution is 2.42. The number of nitrogens with zero attached hydrogens (tertiary/aromatic N) is 4. The minimum Gasteiger partial charge on any atom is -0.505 e. The molecule has 236 valence electrons. The van der Waals surface area contributed by atoms with Crippen molar-refractivity contribution in [1.29, 1.82) is 0 Å². The second-order valence-corrected chi connectivity index (χ2v) is 13.0. The van der Waals surface area contributed by atoms with Gasteiger partial charge in [-0.3, -0.25) is 9.11 Å². The predicted molar refractivity (Wildman–Crippen MR) is 173 cm³/mol. The Balaban J connectivity index is 1.42. The largest absolute Gasteiger partial charge is 0.505 e. The van der Waals surface area contributed by atoms with E-state index in [1.807, 2.05) is 62.4 Å². The van der Waals surface area contributed by atoms with E-state index in [1.165, 1.54) is 6.07 Å². The van der Waals surface area contributed by atoms with E-state index in [1.54, 1.807) is 19.1 Å². The van der Waals surface area contributed by atoms with E-state index in [-0.39, 0.29) is 10.8 Å². The molecule has 0 atom stereocenters. The monoisotopic (exact) mass is 660 g/mol. The standard InChI is InChI=1S/C32H28N4O8S2/c1-4-44-25-9-7-24(8-10-25)33-34-28-13-5-21(15-19(28)2)22-6-14-29(20(3)16-22)35-36-31-30(46(41,42)43)18-23-17-26(45(38,39)40)11-12-27(23)32(31)37/h5-18,37H,4H2,1-3H3,(H,38,39,40)(H,41,42,43). The molecule has 0 aliphatic heterocycles. The van der Waals surface area contributed by atoms with Gasteiger partial charge in [-0.2, -0.15) is 32.2 Å². The molecule has 0 aliphatic carbocycles. The van der Waals surface area contributed by atoms with Crippen molar-refractivity contribution in [2.45, 2.75) is 30.6 Å². The topological polar surface area (TPSA) is 188 Å². The van der Waals surface area contributed by atoms with Crippen molar-refractivity contribution in [3.63, 3.8) is 0 Å². The van der Waals surface area contributed by atoms with E-state index in [9.17, 15) is 31.0 Å². The Hall–Kier alpha value is -5.02. The molecule has 5 aromatic rings. The number of phenolic OH excluding ortho intramolecular Hbond substituents is 1. The number of ether oxygens (including phenoxy) is 1. The molecule has 0 saturated carbocycles. The number of azo groups is 2. The summed E-state index contributed by atoms with van der Waals surface area (Å²) in [4.78, 5) is -1.32. The quantitative estimate of drug-likeness (QED) is 0.104. The van der Waals surface area contributed by atoms with Gasteiger partial charge in [0.2, 0.25) is 0 Å². The molecule has 0 fully saturated rings. The second-order valence-electron chi connectivity index (χ2n) is 10.2. The Morgan fingerprint density at radius 1 is 0.674 bits per heavy atom. The van der Waals surface area contributed by atoms with Gasteiger partial charge in [0, 0.05) is 5.39 Å². The fourth-order valence-corrected chi connectivity index (χ4v) is 5.84. The molecule has 0 saturated heterocycles. The molecule has 0 aromatic heterocycles. The molecule has 46 heavy (non-hydrogen) atoms. The zero-order valence-corrected chi connectivity index (χ0v) is 26.4. The van der Waals surface area contributed by atoms with Gasteiger partial charge in [0.15, 0.2) is 5.75 Å². The first-order valence-corrected chi connectivity index (χ1v) is 16.7. The first-order chi connectivity index (χ1) is 21.7. The summed E-state index contributed by atoms with van der Waals surface area (Å²) in [6.07, 6.45) is 0.